The molecule has 4 nitrogen and oxygen atoms in total. The summed E-state index contributed by atoms with van der Waals surface area (Å²) >= 11 is 6.00. The fourth-order valence-corrected chi connectivity index (χ4v) is 4.79. The third-order valence-electron chi connectivity index (χ3n) is 4.44. The van der Waals surface area contributed by atoms with E-state index in [2.05, 4.69) is 4.90 Å². The molecule has 21 heavy (non-hydrogen) atoms. The SMILES string of the molecule is O=S(=O)(c1ccccc1Cl)N1CCN(C2(CF)CC2)CC1. The summed E-state index contributed by atoms with van der Waals surface area (Å²) in [5.74, 6) is 0. The van der Waals surface area contributed by atoms with E-state index in [0.717, 1.165) is 12.8 Å². The molecule has 1 saturated heterocycles. The summed E-state index contributed by atoms with van der Waals surface area (Å²) < 4.78 is 39.7. The van der Waals surface area contributed by atoms with Gasteiger partial charge in [-0.15, -0.1) is 0 Å². The molecule has 2 aliphatic rings. The van der Waals surface area contributed by atoms with E-state index in [0.29, 0.717) is 26.2 Å². The lowest BCUT2D eigenvalue weighted by Gasteiger charge is -2.38. The maximum Gasteiger partial charge on any atom is 0.244 e. The summed E-state index contributed by atoms with van der Waals surface area (Å²) in [6, 6.07) is 6.47. The van der Waals surface area contributed by atoms with Crippen LogP contribution in [0.1, 0.15) is 12.8 Å². The van der Waals surface area contributed by atoms with Crippen LogP contribution in [0.15, 0.2) is 29.2 Å². The molecule has 0 aromatic heterocycles. The van der Waals surface area contributed by atoms with Crippen molar-refractivity contribution in [2.45, 2.75) is 23.3 Å². The van der Waals surface area contributed by atoms with Crippen molar-refractivity contribution in [2.75, 3.05) is 32.9 Å². The lowest BCUT2D eigenvalue weighted by molar-refractivity contribution is 0.102. The second-order valence-electron chi connectivity index (χ2n) is 5.68. The first-order valence-electron chi connectivity index (χ1n) is 7.05. The molecule has 0 bridgehead atoms. The van der Waals surface area contributed by atoms with Crippen LogP contribution >= 0.6 is 11.6 Å². The molecule has 0 atom stereocenters. The largest absolute Gasteiger partial charge is 0.292 e. The van der Waals surface area contributed by atoms with Crippen LogP contribution in [0.2, 0.25) is 5.02 Å². The van der Waals surface area contributed by atoms with Crippen LogP contribution in [0.5, 0.6) is 0 Å². The molecule has 1 aromatic carbocycles. The second kappa shape index (κ2) is 5.50. The van der Waals surface area contributed by atoms with Crippen LogP contribution in [0.3, 0.4) is 0 Å². The average molecular weight is 333 g/mol. The van der Waals surface area contributed by atoms with E-state index < -0.39 is 10.0 Å². The third-order valence-corrected chi connectivity index (χ3v) is 6.84. The van der Waals surface area contributed by atoms with Gasteiger partial charge in [-0.05, 0) is 25.0 Å². The van der Waals surface area contributed by atoms with Crippen LogP contribution in [0.4, 0.5) is 4.39 Å². The van der Waals surface area contributed by atoms with E-state index in [1.165, 1.54) is 10.4 Å². The Morgan fingerprint density at radius 1 is 1.14 bits per heavy atom. The molecule has 1 aromatic rings. The zero-order chi connectivity index (χ0) is 15.1. The van der Waals surface area contributed by atoms with Gasteiger partial charge < -0.3 is 0 Å². The Labute approximate surface area is 129 Å². The summed E-state index contributed by atoms with van der Waals surface area (Å²) in [6.45, 7) is 1.58. The van der Waals surface area contributed by atoms with Gasteiger partial charge in [0.25, 0.3) is 0 Å². The first-order chi connectivity index (χ1) is 9.99. The Hall–Kier alpha value is -0.690. The molecule has 0 radical (unpaired) electrons. The number of halogens is 2. The number of sulfonamides is 1. The average Bonchev–Trinajstić information content (AvgIpc) is 3.29. The molecule has 3 rings (SSSR count). The van der Waals surface area contributed by atoms with E-state index in [1.54, 1.807) is 18.2 Å². The number of benzene rings is 1. The highest BCUT2D eigenvalue weighted by molar-refractivity contribution is 7.89. The maximum atomic E-state index is 13.1. The molecular weight excluding hydrogens is 315 g/mol. The van der Waals surface area contributed by atoms with Gasteiger partial charge in [0.2, 0.25) is 10.0 Å². The Balaban J connectivity index is 1.73. The molecule has 1 saturated carbocycles. The zero-order valence-corrected chi connectivity index (χ0v) is 13.2. The second-order valence-corrected chi connectivity index (χ2v) is 7.99. The van der Waals surface area contributed by atoms with Gasteiger partial charge in [0.1, 0.15) is 11.6 Å². The lowest BCUT2D eigenvalue weighted by Crippen LogP contribution is -2.53. The van der Waals surface area contributed by atoms with E-state index in [4.69, 9.17) is 11.6 Å². The molecule has 1 aliphatic carbocycles. The standard InChI is InChI=1S/C14H18ClFN2O2S/c15-12-3-1-2-4-13(12)21(19,20)18-9-7-17(8-10-18)14(11-16)5-6-14/h1-4H,5-11H2. The van der Waals surface area contributed by atoms with Gasteiger partial charge in [-0.25, -0.2) is 12.8 Å². The lowest BCUT2D eigenvalue weighted by atomic mass is 10.2. The Kier molecular flexibility index (Phi) is 3.98. The molecular formula is C14H18ClFN2O2S. The maximum absolute atomic E-state index is 13.1. The van der Waals surface area contributed by atoms with Gasteiger partial charge >= 0.3 is 0 Å². The minimum atomic E-state index is -3.57. The van der Waals surface area contributed by atoms with E-state index in [1.807, 2.05) is 0 Å². The molecule has 1 aliphatic heterocycles. The van der Waals surface area contributed by atoms with Crippen molar-refractivity contribution < 1.29 is 12.8 Å². The Morgan fingerprint density at radius 3 is 2.29 bits per heavy atom. The quantitative estimate of drug-likeness (QED) is 0.848. The highest BCUT2D eigenvalue weighted by Crippen LogP contribution is 2.42. The highest BCUT2D eigenvalue weighted by Gasteiger charge is 2.49. The predicted octanol–water partition coefficient (Wildman–Crippen LogP) is 2.15. The monoisotopic (exact) mass is 332 g/mol. The summed E-state index contributed by atoms with van der Waals surface area (Å²) in [7, 11) is -3.57. The Morgan fingerprint density at radius 2 is 1.76 bits per heavy atom. The van der Waals surface area contributed by atoms with Crippen molar-refractivity contribution in [1.82, 2.24) is 9.21 Å². The number of piperazine rings is 1. The van der Waals surface area contributed by atoms with E-state index in [9.17, 15) is 12.8 Å². The summed E-state index contributed by atoms with van der Waals surface area (Å²) in [5.41, 5.74) is -0.305. The van der Waals surface area contributed by atoms with Gasteiger partial charge in [0, 0.05) is 31.7 Å². The smallest absolute Gasteiger partial charge is 0.244 e. The summed E-state index contributed by atoms with van der Waals surface area (Å²) in [5, 5.41) is 0.238. The van der Waals surface area contributed by atoms with Crippen LogP contribution in [0, 0.1) is 0 Å². The minimum Gasteiger partial charge on any atom is -0.292 e. The first kappa shape index (κ1) is 15.2. The fraction of sp³-hybridized carbons (Fsp3) is 0.571. The molecule has 0 amide bonds. The number of alkyl halides is 1. The van der Waals surface area contributed by atoms with Crippen LogP contribution in [-0.2, 0) is 10.0 Å². The normalized spacial score (nSPS) is 23.1. The molecule has 1 heterocycles. The Bertz CT molecular complexity index is 626. The number of nitrogens with zero attached hydrogens (tertiary/aromatic N) is 2. The number of hydrogen-bond acceptors (Lipinski definition) is 3. The first-order valence-corrected chi connectivity index (χ1v) is 8.87. The molecule has 2 fully saturated rings. The topological polar surface area (TPSA) is 40.6 Å². The van der Waals surface area contributed by atoms with Crippen LogP contribution < -0.4 is 0 Å². The van der Waals surface area contributed by atoms with Crippen LogP contribution in [0.25, 0.3) is 0 Å². The van der Waals surface area contributed by atoms with Gasteiger partial charge in [-0.1, -0.05) is 23.7 Å². The van der Waals surface area contributed by atoms with Gasteiger partial charge in [-0.2, -0.15) is 4.31 Å². The zero-order valence-electron chi connectivity index (χ0n) is 11.6. The van der Waals surface area contributed by atoms with Crippen molar-refractivity contribution in [3.8, 4) is 0 Å². The van der Waals surface area contributed by atoms with E-state index >= 15 is 0 Å². The molecule has 0 spiro atoms. The molecule has 116 valence electrons. The van der Waals surface area contributed by atoms with Crippen molar-refractivity contribution in [1.29, 1.82) is 0 Å². The highest BCUT2D eigenvalue weighted by atomic mass is 35.5. The number of hydrogen-bond donors (Lipinski definition) is 0. The van der Waals surface area contributed by atoms with Crippen molar-refractivity contribution >= 4 is 21.6 Å². The van der Waals surface area contributed by atoms with Crippen molar-refractivity contribution in [3.63, 3.8) is 0 Å². The third kappa shape index (κ3) is 2.70. The van der Waals surface area contributed by atoms with E-state index in [-0.39, 0.29) is 22.1 Å². The fourth-order valence-electron chi connectivity index (χ4n) is 2.87. The van der Waals surface area contributed by atoms with Gasteiger partial charge in [-0.3, -0.25) is 4.90 Å². The van der Waals surface area contributed by atoms with Crippen molar-refractivity contribution in [3.05, 3.63) is 29.3 Å². The van der Waals surface area contributed by atoms with Gasteiger partial charge in [0.05, 0.1) is 5.02 Å². The predicted molar refractivity (Wildman–Crippen MR) is 79.7 cm³/mol. The summed E-state index contributed by atoms with van der Waals surface area (Å²) in [4.78, 5) is 2.23. The van der Waals surface area contributed by atoms with Crippen LogP contribution in [-0.4, -0.2) is 56.0 Å². The molecule has 7 heteroatoms. The number of rotatable bonds is 4. The van der Waals surface area contributed by atoms with Crippen molar-refractivity contribution in [2.24, 2.45) is 0 Å². The minimum absolute atomic E-state index is 0.145. The molecule has 0 N–H and O–H groups in total. The molecule has 0 unspecified atom stereocenters. The van der Waals surface area contributed by atoms with Gasteiger partial charge in [0.15, 0.2) is 0 Å². The summed E-state index contributed by atoms with van der Waals surface area (Å²) in [6.07, 6.45) is 1.75.